The van der Waals surface area contributed by atoms with E-state index in [2.05, 4.69) is 10.3 Å². The van der Waals surface area contributed by atoms with E-state index in [1.807, 2.05) is 13.8 Å². The zero-order chi connectivity index (χ0) is 10.8. The number of aliphatic imine (C=N–C) groups is 1. The van der Waals surface area contributed by atoms with Gasteiger partial charge in [0.05, 0.1) is 13.2 Å². The van der Waals surface area contributed by atoms with Crippen LogP contribution >= 0.6 is 0 Å². The van der Waals surface area contributed by atoms with Gasteiger partial charge >= 0.3 is 0 Å². The Bertz CT molecular complexity index is 160. The highest BCUT2D eigenvalue weighted by Crippen LogP contribution is 1.84. The van der Waals surface area contributed by atoms with Crippen molar-refractivity contribution >= 4 is 5.96 Å². The molecule has 0 amide bonds. The number of nitrogens with two attached hydrogens (primary N) is 1. The fourth-order valence-electron chi connectivity index (χ4n) is 0.874. The predicted molar refractivity (Wildman–Crippen MR) is 57.3 cm³/mol. The van der Waals surface area contributed by atoms with E-state index in [0.717, 1.165) is 6.42 Å². The van der Waals surface area contributed by atoms with Crippen LogP contribution in [-0.4, -0.2) is 43.5 Å². The average Bonchev–Trinajstić information content (AvgIpc) is 2.10. The van der Waals surface area contributed by atoms with Gasteiger partial charge in [0.2, 0.25) is 0 Å². The van der Waals surface area contributed by atoms with Crippen LogP contribution in [0.15, 0.2) is 4.99 Å². The summed E-state index contributed by atoms with van der Waals surface area (Å²) in [7, 11) is 0. The monoisotopic (exact) mass is 203 g/mol. The zero-order valence-electron chi connectivity index (χ0n) is 8.99. The van der Waals surface area contributed by atoms with Crippen molar-refractivity contribution in [1.29, 1.82) is 0 Å². The Hall–Kier alpha value is -0.810. The third-order valence-corrected chi connectivity index (χ3v) is 1.40. The van der Waals surface area contributed by atoms with Gasteiger partial charge in [-0.25, -0.2) is 0 Å². The van der Waals surface area contributed by atoms with Crippen molar-refractivity contribution in [3.63, 3.8) is 0 Å². The molecule has 0 bridgehead atoms. The van der Waals surface area contributed by atoms with Gasteiger partial charge in [0.1, 0.15) is 0 Å². The molecular formula is C9H21N3O2. The summed E-state index contributed by atoms with van der Waals surface area (Å²) in [5.41, 5.74) is 5.57. The number of guanidine groups is 1. The van der Waals surface area contributed by atoms with E-state index >= 15 is 0 Å². The second kappa shape index (κ2) is 8.77. The topological polar surface area (TPSA) is 79.9 Å². The van der Waals surface area contributed by atoms with Gasteiger partial charge in [-0.05, 0) is 20.3 Å². The number of ether oxygens (including phenoxy) is 1. The van der Waals surface area contributed by atoms with Crippen molar-refractivity contribution in [1.82, 2.24) is 5.32 Å². The molecule has 0 aromatic carbocycles. The largest absolute Gasteiger partial charge is 0.394 e. The van der Waals surface area contributed by atoms with Crippen LogP contribution in [0, 0.1) is 0 Å². The van der Waals surface area contributed by atoms with E-state index < -0.39 is 0 Å². The first-order valence-corrected chi connectivity index (χ1v) is 4.92. The lowest BCUT2D eigenvalue weighted by Crippen LogP contribution is -2.36. The molecule has 0 spiro atoms. The minimum absolute atomic E-state index is 0.0698. The molecule has 4 N–H and O–H groups in total. The molecular weight excluding hydrogens is 182 g/mol. The third-order valence-electron chi connectivity index (χ3n) is 1.40. The van der Waals surface area contributed by atoms with E-state index in [0.29, 0.717) is 31.8 Å². The highest BCUT2D eigenvalue weighted by molar-refractivity contribution is 5.77. The van der Waals surface area contributed by atoms with Crippen LogP contribution in [0.4, 0.5) is 0 Å². The van der Waals surface area contributed by atoms with Gasteiger partial charge in [-0.15, -0.1) is 0 Å². The van der Waals surface area contributed by atoms with E-state index in [-0.39, 0.29) is 6.61 Å². The third kappa shape index (κ3) is 9.28. The summed E-state index contributed by atoms with van der Waals surface area (Å²) < 4.78 is 5.07. The Balaban J connectivity index is 3.32. The van der Waals surface area contributed by atoms with Crippen LogP contribution in [0.25, 0.3) is 0 Å². The summed E-state index contributed by atoms with van der Waals surface area (Å²) >= 11 is 0. The molecule has 0 saturated heterocycles. The normalized spacial score (nSPS) is 12.1. The van der Waals surface area contributed by atoms with Gasteiger partial charge in [0, 0.05) is 19.2 Å². The molecule has 0 rings (SSSR count). The summed E-state index contributed by atoms with van der Waals surface area (Å²) in [6.45, 7) is 5.74. The molecule has 0 heterocycles. The summed E-state index contributed by atoms with van der Waals surface area (Å²) in [5.74, 6) is 0.474. The first kappa shape index (κ1) is 13.2. The second-order valence-electron chi connectivity index (χ2n) is 3.26. The van der Waals surface area contributed by atoms with E-state index in [1.165, 1.54) is 0 Å². The van der Waals surface area contributed by atoms with Gasteiger partial charge in [-0.1, -0.05) is 0 Å². The van der Waals surface area contributed by atoms with Crippen molar-refractivity contribution in [2.45, 2.75) is 26.3 Å². The van der Waals surface area contributed by atoms with Crippen LogP contribution in [-0.2, 0) is 4.74 Å². The summed E-state index contributed by atoms with van der Waals surface area (Å²) in [4.78, 5) is 4.10. The number of aliphatic hydroxyl groups excluding tert-OH is 1. The molecule has 5 nitrogen and oxygen atoms in total. The second-order valence-corrected chi connectivity index (χ2v) is 3.26. The van der Waals surface area contributed by atoms with E-state index in [1.54, 1.807) is 0 Å². The Morgan fingerprint density at radius 1 is 1.50 bits per heavy atom. The zero-order valence-corrected chi connectivity index (χ0v) is 8.99. The van der Waals surface area contributed by atoms with Gasteiger partial charge in [-0.2, -0.15) is 0 Å². The summed E-state index contributed by atoms with van der Waals surface area (Å²) in [5, 5.41) is 11.4. The van der Waals surface area contributed by atoms with Crippen molar-refractivity contribution in [2.75, 3.05) is 26.4 Å². The quantitative estimate of drug-likeness (QED) is 0.301. The molecule has 0 aliphatic heterocycles. The molecule has 0 aliphatic carbocycles. The highest BCUT2D eigenvalue weighted by atomic mass is 16.5. The maximum atomic E-state index is 8.43. The molecule has 0 unspecified atom stereocenters. The number of hydrogen-bond donors (Lipinski definition) is 3. The van der Waals surface area contributed by atoms with Crippen molar-refractivity contribution in [2.24, 2.45) is 10.7 Å². The standard InChI is InChI=1S/C9H21N3O2/c1-8(2)12-9(10)11-4-3-6-14-7-5-13/h8,13H,3-7H2,1-2H3,(H3,10,11,12). The lowest BCUT2D eigenvalue weighted by Gasteiger charge is -2.08. The summed E-state index contributed by atoms with van der Waals surface area (Å²) in [6, 6.07) is 0.310. The molecule has 14 heavy (non-hydrogen) atoms. The Morgan fingerprint density at radius 3 is 2.79 bits per heavy atom. The first-order valence-electron chi connectivity index (χ1n) is 4.92. The molecule has 5 heteroatoms. The highest BCUT2D eigenvalue weighted by Gasteiger charge is 1.93. The fourth-order valence-corrected chi connectivity index (χ4v) is 0.874. The number of aliphatic hydroxyl groups is 1. The van der Waals surface area contributed by atoms with Crippen LogP contribution < -0.4 is 11.1 Å². The van der Waals surface area contributed by atoms with Crippen LogP contribution in [0.2, 0.25) is 0 Å². The van der Waals surface area contributed by atoms with Crippen LogP contribution in [0.1, 0.15) is 20.3 Å². The van der Waals surface area contributed by atoms with Gasteiger partial charge in [0.15, 0.2) is 5.96 Å². The molecule has 0 saturated carbocycles. The average molecular weight is 203 g/mol. The predicted octanol–water partition coefficient (Wildman–Crippen LogP) is -0.302. The Morgan fingerprint density at radius 2 is 2.21 bits per heavy atom. The molecule has 0 atom stereocenters. The van der Waals surface area contributed by atoms with Gasteiger partial charge in [0.25, 0.3) is 0 Å². The minimum Gasteiger partial charge on any atom is -0.394 e. The smallest absolute Gasteiger partial charge is 0.188 e. The van der Waals surface area contributed by atoms with Crippen LogP contribution in [0.5, 0.6) is 0 Å². The van der Waals surface area contributed by atoms with Crippen LogP contribution in [0.3, 0.4) is 0 Å². The molecule has 84 valence electrons. The Kier molecular flexibility index (Phi) is 8.27. The Labute approximate surface area is 85.4 Å². The van der Waals surface area contributed by atoms with Crippen molar-refractivity contribution < 1.29 is 9.84 Å². The van der Waals surface area contributed by atoms with E-state index in [9.17, 15) is 0 Å². The number of rotatable bonds is 7. The van der Waals surface area contributed by atoms with Gasteiger partial charge in [-0.3, -0.25) is 4.99 Å². The lowest BCUT2D eigenvalue weighted by molar-refractivity contribution is 0.0918. The molecule has 0 fully saturated rings. The molecule has 0 aromatic rings. The summed E-state index contributed by atoms with van der Waals surface area (Å²) in [6.07, 6.45) is 0.820. The minimum atomic E-state index is 0.0698. The maximum absolute atomic E-state index is 8.43. The number of hydrogen-bond acceptors (Lipinski definition) is 3. The van der Waals surface area contributed by atoms with Crippen molar-refractivity contribution in [3.8, 4) is 0 Å². The fraction of sp³-hybridized carbons (Fsp3) is 0.889. The number of nitrogens with one attached hydrogen (secondary N) is 1. The van der Waals surface area contributed by atoms with Gasteiger partial charge < -0.3 is 20.9 Å². The molecule has 0 radical (unpaired) electrons. The van der Waals surface area contributed by atoms with Crippen molar-refractivity contribution in [3.05, 3.63) is 0 Å². The maximum Gasteiger partial charge on any atom is 0.188 e. The molecule has 0 aromatic heterocycles. The van der Waals surface area contributed by atoms with E-state index in [4.69, 9.17) is 15.6 Å². The lowest BCUT2D eigenvalue weighted by atomic mass is 10.4. The number of nitrogens with zero attached hydrogens (tertiary/aromatic N) is 1. The molecule has 0 aliphatic rings. The first-order chi connectivity index (χ1) is 6.66. The SMILES string of the molecule is CC(C)NC(N)=NCCCOCCO.